The second kappa shape index (κ2) is 5.61. The summed E-state index contributed by atoms with van der Waals surface area (Å²) in [5.41, 5.74) is 1.56. The van der Waals surface area contributed by atoms with Crippen LogP contribution in [-0.4, -0.2) is 11.0 Å². The first-order valence-electron chi connectivity index (χ1n) is 6.82. The molecule has 0 spiro atoms. The molecule has 0 unspecified atom stereocenters. The third-order valence-corrected chi connectivity index (χ3v) is 3.36. The molecule has 2 N–H and O–H groups in total. The van der Waals surface area contributed by atoms with Crippen LogP contribution in [0.4, 0.5) is 10.1 Å². The highest BCUT2D eigenvalue weighted by atomic mass is 19.1. The number of halogens is 1. The highest BCUT2D eigenvalue weighted by Gasteiger charge is 2.15. The van der Waals surface area contributed by atoms with Crippen molar-refractivity contribution in [2.45, 2.75) is 13.0 Å². The molecular formula is C17H14FNO3. The molecule has 0 saturated carbocycles. The van der Waals surface area contributed by atoms with Crippen LogP contribution >= 0.6 is 0 Å². The van der Waals surface area contributed by atoms with Gasteiger partial charge in [0.2, 0.25) is 0 Å². The van der Waals surface area contributed by atoms with Gasteiger partial charge >= 0.3 is 0 Å². The van der Waals surface area contributed by atoms with Crippen LogP contribution in [0, 0.1) is 5.82 Å². The molecule has 1 heterocycles. The normalized spacial score (nSPS) is 12.3. The number of carbonyl (C=O) groups is 1. The lowest BCUT2D eigenvalue weighted by atomic mass is 10.1. The van der Waals surface area contributed by atoms with E-state index >= 15 is 0 Å². The maximum absolute atomic E-state index is 13.2. The molecule has 112 valence electrons. The number of aliphatic hydroxyl groups is 1. The summed E-state index contributed by atoms with van der Waals surface area (Å²) in [4.78, 5) is 12.3. The van der Waals surface area contributed by atoms with Crippen LogP contribution in [0.15, 0.2) is 52.9 Å². The smallest absolute Gasteiger partial charge is 0.291 e. The molecule has 4 nitrogen and oxygen atoms in total. The van der Waals surface area contributed by atoms with E-state index in [-0.39, 0.29) is 11.6 Å². The molecular weight excluding hydrogens is 285 g/mol. The lowest BCUT2D eigenvalue weighted by molar-refractivity contribution is 0.0998. The summed E-state index contributed by atoms with van der Waals surface area (Å²) in [6, 6.07) is 12.5. The summed E-state index contributed by atoms with van der Waals surface area (Å²) in [7, 11) is 0. The molecule has 1 amide bonds. The van der Waals surface area contributed by atoms with Crippen LogP contribution in [0.1, 0.15) is 29.1 Å². The van der Waals surface area contributed by atoms with Crippen molar-refractivity contribution in [3.63, 3.8) is 0 Å². The molecule has 1 atom stereocenters. The molecule has 0 saturated heterocycles. The van der Waals surface area contributed by atoms with Crippen LogP contribution in [0.2, 0.25) is 0 Å². The first-order valence-corrected chi connectivity index (χ1v) is 6.82. The third-order valence-electron chi connectivity index (χ3n) is 3.36. The van der Waals surface area contributed by atoms with Gasteiger partial charge in [-0.05, 0) is 37.3 Å². The largest absolute Gasteiger partial charge is 0.451 e. The zero-order valence-electron chi connectivity index (χ0n) is 11.8. The molecule has 0 aliphatic heterocycles. The Morgan fingerprint density at radius 1 is 1.23 bits per heavy atom. The predicted octanol–water partition coefficient (Wildman–Crippen LogP) is 3.88. The van der Waals surface area contributed by atoms with Gasteiger partial charge in [-0.1, -0.05) is 18.2 Å². The van der Waals surface area contributed by atoms with Gasteiger partial charge in [0.15, 0.2) is 5.76 Å². The number of hydrogen-bond donors (Lipinski definition) is 2. The Balaban J connectivity index is 1.90. The van der Waals surface area contributed by atoms with Gasteiger partial charge in [-0.25, -0.2) is 4.39 Å². The summed E-state index contributed by atoms with van der Waals surface area (Å²) >= 11 is 0. The molecule has 0 aliphatic rings. The van der Waals surface area contributed by atoms with Gasteiger partial charge in [0, 0.05) is 16.6 Å². The number of benzene rings is 2. The minimum atomic E-state index is -0.707. The van der Waals surface area contributed by atoms with Gasteiger partial charge in [-0.15, -0.1) is 0 Å². The summed E-state index contributed by atoms with van der Waals surface area (Å²) in [6.07, 6.45) is -0.707. The van der Waals surface area contributed by atoms with Gasteiger partial charge in [0.25, 0.3) is 5.91 Å². The van der Waals surface area contributed by atoms with E-state index in [0.717, 1.165) is 0 Å². The first kappa shape index (κ1) is 14.3. The van der Waals surface area contributed by atoms with Crippen molar-refractivity contribution >= 4 is 22.6 Å². The Morgan fingerprint density at radius 3 is 2.77 bits per heavy atom. The van der Waals surface area contributed by atoms with Crippen LogP contribution in [0.3, 0.4) is 0 Å². The number of aliphatic hydroxyl groups excluding tert-OH is 1. The number of anilines is 1. The number of nitrogens with one attached hydrogen (secondary N) is 1. The van der Waals surface area contributed by atoms with Crippen molar-refractivity contribution in [3.8, 4) is 0 Å². The highest BCUT2D eigenvalue weighted by molar-refractivity contribution is 6.05. The average Bonchev–Trinajstić information content (AvgIpc) is 2.90. The van der Waals surface area contributed by atoms with Crippen molar-refractivity contribution in [1.82, 2.24) is 0 Å². The first-order chi connectivity index (χ1) is 10.5. The standard InChI is InChI=1S/C17H14FNO3/c1-10(20)13-4-2-3-5-14(13)19-17(21)16-9-11-8-12(18)6-7-15(11)22-16/h2-10,20H,1H3,(H,19,21)/t10-/m0/s1. The molecule has 3 aromatic rings. The summed E-state index contributed by atoms with van der Waals surface area (Å²) < 4.78 is 18.6. The third kappa shape index (κ3) is 2.71. The molecule has 1 aromatic heterocycles. The zero-order chi connectivity index (χ0) is 15.7. The maximum atomic E-state index is 13.2. The Kier molecular flexibility index (Phi) is 3.65. The number of para-hydroxylation sites is 1. The van der Waals surface area contributed by atoms with E-state index in [4.69, 9.17) is 4.42 Å². The molecule has 0 aliphatic carbocycles. The number of rotatable bonds is 3. The number of furan rings is 1. The van der Waals surface area contributed by atoms with Gasteiger partial charge < -0.3 is 14.8 Å². The second-order valence-corrected chi connectivity index (χ2v) is 5.01. The van der Waals surface area contributed by atoms with Gasteiger partial charge in [0.05, 0.1) is 6.10 Å². The van der Waals surface area contributed by atoms with Gasteiger partial charge in [0.1, 0.15) is 11.4 Å². The fourth-order valence-electron chi connectivity index (χ4n) is 2.29. The van der Waals surface area contributed by atoms with Crippen LogP contribution < -0.4 is 5.32 Å². The summed E-state index contributed by atoms with van der Waals surface area (Å²) in [5.74, 6) is -0.759. The molecule has 0 bridgehead atoms. The minimum Gasteiger partial charge on any atom is -0.451 e. The fourth-order valence-corrected chi connectivity index (χ4v) is 2.29. The molecule has 5 heteroatoms. The van der Waals surface area contributed by atoms with E-state index in [1.165, 1.54) is 24.3 Å². The van der Waals surface area contributed by atoms with E-state index in [2.05, 4.69) is 5.32 Å². The van der Waals surface area contributed by atoms with Gasteiger partial charge in [-0.3, -0.25) is 4.79 Å². The van der Waals surface area contributed by atoms with Crippen LogP contribution in [0.5, 0.6) is 0 Å². The Morgan fingerprint density at radius 2 is 2.00 bits per heavy atom. The molecule has 3 rings (SSSR count). The Hall–Kier alpha value is -2.66. The molecule has 22 heavy (non-hydrogen) atoms. The van der Waals surface area contributed by atoms with Crippen molar-refractivity contribution in [2.75, 3.05) is 5.32 Å². The van der Waals surface area contributed by atoms with Crippen LogP contribution in [-0.2, 0) is 0 Å². The number of hydrogen-bond acceptors (Lipinski definition) is 3. The second-order valence-electron chi connectivity index (χ2n) is 5.01. The van der Waals surface area contributed by atoms with E-state index in [1.807, 2.05) is 0 Å². The van der Waals surface area contributed by atoms with E-state index in [9.17, 15) is 14.3 Å². The number of amides is 1. The van der Waals surface area contributed by atoms with E-state index in [0.29, 0.717) is 22.2 Å². The number of fused-ring (bicyclic) bond motifs is 1. The topological polar surface area (TPSA) is 62.5 Å². The van der Waals surface area contributed by atoms with Gasteiger partial charge in [-0.2, -0.15) is 0 Å². The maximum Gasteiger partial charge on any atom is 0.291 e. The summed E-state index contributed by atoms with van der Waals surface area (Å²) in [5, 5.41) is 12.9. The fraction of sp³-hybridized carbons (Fsp3) is 0.118. The predicted molar refractivity (Wildman–Crippen MR) is 81.2 cm³/mol. The lowest BCUT2D eigenvalue weighted by Gasteiger charge is -2.11. The average molecular weight is 299 g/mol. The van der Waals surface area contributed by atoms with Crippen molar-refractivity contribution in [1.29, 1.82) is 0 Å². The monoisotopic (exact) mass is 299 g/mol. The molecule has 2 aromatic carbocycles. The number of carbonyl (C=O) groups excluding carboxylic acids is 1. The van der Waals surface area contributed by atoms with Crippen molar-refractivity contribution in [2.24, 2.45) is 0 Å². The minimum absolute atomic E-state index is 0.0843. The van der Waals surface area contributed by atoms with Crippen LogP contribution in [0.25, 0.3) is 11.0 Å². The van der Waals surface area contributed by atoms with E-state index in [1.54, 1.807) is 31.2 Å². The van der Waals surface area contributed by atoms with E-state index < -0.39 is 12.0 Å². The highest BCUT2D eigenvalue weighted by Crippen LogP contribution is 2.25. The SMILES string of the molecule is C[C@H](O)c1ccccc1NC(=O)c1cc2cc(F)ccc2o1. The Labute approximate surface area is 126 Å². The molecule has 0 fully saturated rings. The van der Waals surface area contributed by atoms with Crippen molar-refractivity contribution in [3.05, 3.63) is 65.7 Å². The quantitative estimate of drug-likeness (QED) is 0.771. The zero-order valence-corrected chi connectivity index (χ0v) is 11.8. The van der Waals surface area contributed by atoms with Crippen molar-refractivity contribution < 1.29 is 18.7 Å². The summed E-state index contributed by atoms with van der Waals surface area (Å²) in [6.45, 7) is 1.62. The Bertz CT molecular complexity index is 839. The molecule has 0 radical (unpaired) electrons. The lowest BCUT2D eigenvalue weighted by Crippen LogP contribution is -2.13.